The van der Waals surface area contributed by atoms with Gasteiger partial charge in [0, 0.05) is 6.04 Å². The van der Waals surface area contributed by atoms with Gasteiger partial charge in [-0.1, -0.05) is 24.6 Å². The van der Waals surface area contributed by atoms with Crippen molar-refractivity contribution in [2.45, 2.75) is 44.2 Å². The summed E-state index contributed by atoms with van der Waals surface area (Å²) < 4.78 is 5.85. The van der Waals surface area contributed by atoms with Gasteiger partial charge in [0.05, 0.1) is 5.56 Å². The fourth-order valence-electron chi connectivity index (χ4n) is 3.30. The second-order valence-electron chi connectivity index (χ2n) is 6.80. The Morgan fingerprint density at radius 2 is 1.78 bits per heavy atom. The zero-order chi connectivity index (χ0) is 16.7. The molecular weight excluding hydrogens is 288 g/mol. The molecule has 0 unspecified atom stereocenters. The van der Waals surface area contributed by atoms with E-state index in [-0.39, 0.29) is 12.1 Å². The predicted molar refractivity (Wildman–Crippen MR) is 93.7 cm³/mol. The summed E-state index contributed by atoms with van der Waals surface area (Å²) in [6, 6.07) is 9.66. The molecule has 0 saturated heterocycles. The number of ether oxygens (including phenoxy) is 1. The van der Waals surface area contributed by atoms with Crippen molar-refractivity contribution < 1.29 is 9.53 Å². The minimum absolute atomic E-state index is 0.0146. The van der Waals surface area contributed by atoms with E-state index in [0.29, 0.717) is 11.6 Å². The fraction of sp³-hybridized carbons (Fsp3) is 0.632. The van der Waals surface area contributed by atoms with Crippen LogP contribution in [0.3, 0.4) is 0 Å². The SMILES string of the molecule is CN(C)CCCN(C)[C@@H]1CCCC[C@H]1OC(=O)c1ccccc1. The summed E-state index contributed by atoms with van der Waals surface area (Å²) in [5.41, 5.74) is 0.645. The van der Waals surface area contributed by atoms with Crippen LogP contribution in [0, 0.1) is 0 Å². The standard InChI is InChI=1S/C19H30N2O2/c1-20(2)14-9-15-21(3)17-12-7-8-13-18(17)23-19(22)16-10-5-4-6-11-16/h4-6,10-11,17-18H,7-9,12-15H2,1-3H3/t17-,18-/m1/s1. The first-order valence-electron chi connectivity index (χ1n) is 8.69. The van der Waals surface area contributed by atoms with Crippen LogP contribution in [-0.4, -0.2) is 62.1 Å². The minimum atomic E-state index is -0.191. The Balaban J connectivity index is 1.91. The normalized spacial score (nSPS) is 21.6. The molecule has 0 aliphatic heterocycles. The highest BCUT2D eigenvalue weighted by atomic mass is 16.5. The van der Waals surface area contributed by atoms with Gasteiger partial charge in [-0.25, -0.2) is 4.79 Å². The lowest BCUT2D eigenvalue weighted by atomic mass is 9.91. The fourth-order valence-corrected chi connectivity index (χ4v) is 3.30. The van der Waals surface area contributed by atoms with Crippen molar-refractivity contribution in [3.05, 3.63) is 35.9 Å². The Hall–Kier alpha value is -1.39. The van der Waals surface area contributed by atoms with Crippen molar-refractivity contribution >= 4 is 5.97 Å². The second kappa shape index (κ2) is 9.04. The third-order valence-corrected chi connectivity index (χ3v) is 4.62. The van der Waals surface area contributed by atoms with Crippen molar-refractivity contribution in [2.75, 3.05) is 34.2 Å². The van der Waals surface area contributed by atoms with Crippen LogP contribution in [0.25, 0.3) is 0 Å². The van der Waals surface area contributed by atoms with Crippen LogP contribution in [0.5, 0.6) is 0 Å². The summed E-state index contributed by atoms with van der Waals surface area (Å²) in [6.45, 7) is 2.13. The summed E-state index contributed by atoms with van der Waals surface area (Å²) in [5.74, 6) is -0.191. The molecule has 0 N–H and O–H groups in total. The van der Waals surface area contributed by atoms with E-state index in [2.05, 4.69) is 30.9 Å². The summed E-state index contributed by atoms with van der Waals surface area (Å²) in [6.07, 6.45) is 5.61. The van der Waals surface area contributed by atoms with Gasteiger partial charge in [0.15, 0.2) is 0 Å². The number of nitrogens with zero attached hydrogens (tertiary/aromatic N) is 2. The Morgan fingerprint density at radius 1 is 1.09 bits per heavy atom. The molecule has 0 radical (unpaired) electrons. The maximum atomic E-state index is 12.3. The van der Waals surface area contributed by atoms with E-state index in [1.54, 1.807) is 0 Å². The van der Waals surface area contributed by atoms with Gasteiger partial charge in [-0.05, 0) is 72.0 Å². The Kier molecular flexibility index (Phi) is 7.06. The maximum Gasteiger partial charge on any atom is 0.338 e. The van der Waals surface area contributed by atoms with Gasteiger partial charge in [0.25, 0.3) is 0 Å². The quantitative estimate of drug-likeness (QED) is 0.724. The largest absolute Gasteiger partial charge is 0.457 e. The van der Waals surface area contributed by atoms with Gasteiger partial charge in [-0.3, -0.25) is 4.90 Å². The second-order valence-corrected chi connectivity index (χ2v) is 6.80. The van der Waals surface area contributed by atoms with E-state index in [1.807, 2.05) is 30.3 Å². The molecule has 1 saturated carbocycles. The number of benzene rings is 1. The highest BCUT2D eigenvalue weighted by Crippen LogP contribution is 2.26. The minimum Gasteiger partial charge on any atom is -0.457 e. The molecule has 1 fully saturated rings. The Bertz CT molecular complexity index is 476. The first-order chi connectivity index (χ1) is 11.1. The number of carbonyl (C=O) groups excluding carboxylic acids is 1. The molecule has 0 aromatic heterocycles. The number of hydrogen-bond donors (Lipinski definition) is 0. The van der Waals surface area contributed by atoms with Gasteiger partial charge in [-0.15, -0.1) is 0 Å². The molecule has 128 valence electrons. The lowest BCUT2D eigenvalue weighted by Crippen LogP contribution is -2.46. The van der Waals surface area contributed by atoms with Gasteiger partial charge >= 0.3 is 5.97 Å². The highest BCUT2D eigenvalue weighted by Gasteiger charge is 2.31. The van der Waals surface area contributed by atoms with E-state index >= 15 is 0 Å². The molecule has 1 aliphatic carbocycles. The Morgan fingerprint density at radius 3 is 2.48 bits per heavy atom. The third-order valence-electron chi connectivity index (χ3n) is 4.62. The van der Waals surface area contributed by atoms with Crippen molar-refractivity contribution in [1.82, 2.24) is 9.80 Å². The van der Waals surface area contributed by atoms with Gasteiger partial charge in [0.2, 0.25) is 0 Å². The first-order valence-corrected chi connectivity index (χ1v) is 8.69. The molecule has 1 aromatic carbocycles. The molecule has 0 spiro atoms. The first kappa shape index (κ1) is 18.0. The number of likely N-dealkylation sites (N-methyl/N-ethyl adjacent to an activating group) is 1. The van der Waals surface area contributed by atoms with E-state index in [9.17, 15) is 4.79 Å². The van der Waals surface area contributed by atoms with E-state index in [0.717, 1.165) is 38.8 Å². The van der Waals surface area contributed by atoms with E-state index in [4.69, 9.17) is 4.74 Å². The molecular formula is C19H30N2O2. The molecule has 0 heterocycles. The average Bonchev–Trinajstić information content (AvgIpc) is 2.55. The lowest BCUT2D eigenvalue weighted by Gasteiger charge is -2.37. The van der Waals surface area contributed by atoms with Crippen LogP contribution < -0.4 is 0 Å². The van der Waals surface area contributed by atoms with Crippen molar-refractivity contribution in [3.63, 3.8) is 0 Å². The number of rotatable bonds is 7. The van der Waals surface area contributed by atoms with E-state index < -0.39 is 0 Å². The summed E-state index contributed by atoms with van der Waals surface area (Å²) in [7, 11) is 6.37. The van der Waals surface area contributed by atoms with Crippen LogP contribution in [0.1, 0.15) is 42.5 Å². The zero-order valence-corrected chi connectivity index (χ0v) is 14.7. The smallest absolute Gasteiger partial charge is 0.338 e. The predicted octanol–water partition coefficient (Wildman–Crippen LogP) is 3.04. The maximum absolute atomic E-state index is 12.3. The Labute approximate surface area is 140 Å². The van der Waals surface area contributed by atoms with Crippen LogP contribution in [0.15, 0.2) is 30.3 Å². The summed E-state index contributed by atoms with van der Waals surface area (Å²) in [4.78, 5) is 16.9. The molecule has 4 heteroatoms. The molecule has 0 bridgehead atoms. The molecule has 4 nitrogen and oxygen atoms in total. The molecule has 23 heavy (non-hydrogen) atoms. The van der Waals surface area contributed by atoms with Crippen molar-refractivity contribution in [1.29, 1.82) is 0 Å². The topological polar surface area (TPSA) is 32.8 Å². The lowest BCUT2D eigenvalue weighted by molar-refractivity contribution is -0.0123. The van der Waals surface area contributed by atoms with Crippen LogP contribution in [0.2, 0.25) is 0 Å². The van der Waals surface area contributed by atoms with Crippen LogP contribution >= 0.6 is 0 Å². The van der Waals surface area contributed by atoms with Crippen LogP contribution in [0.4, 0.5) is 0 Å². The van der Waals surface area contributed by atoms with Crippen molar-refractivity contribution in [3.8, 4) is 0 Å². The third kappa shape index (κ3) is 5.63. The molecule has 0 amide bonds. The molecule has 2 atom stereocenters. The van der Waals surface area contributed by atoms with Gasteiger partial charge in [0.1, 0.15) is 6.10 Å². The highest BCUT2D eigenvalue weighted by molar-refractivity contribution is 5.89. The average molecular weight is 318 g/mol. The molecule has 1 aromatic rings. The number of carbonyl (C=O) groups is 1. The molecule has 1 aliphatic rings. The van der Waals surface area contributed by atoms with Gasteiger partial charge in [-0.2, -0.15) is 0 Å². The van der Waals surface area contributed by atoms with Crippen LogP contribution in [-0.2, 0) is 4.74 Å². The van der Waals surface area contributed by atoms with Crippen molar-refractivity contribution in [2.24, 2.45) is 0 Å². The summed E-state index contributed by atoms with van der Waals surface area (Å²) in [5, 5.41) is 0. The molecule has 2 rings (SSSR count). The number of hydrogen-bond acceptors (Lipinski definition) is 4. The van der Waals surface area contributed by atoms with Gasteiger partial charge < -0.3 is 9.64 Å². The monoisotopic (exact) mass is 318 g/mol. The zero-order valence-electron chi connectivity index (χ0n) is 14.7. The van der Waals surface area contributed by atoms with E-state index in [1.165, 1.54) is 6.42 Å². The summed E-state index contributed by atoms with van der Waals surface area (Å²) >= 11 is 0. The number of esters is 1.